The van der Waals surface area contributed by atoms with Gasteiger partial charge in [-0.3, -0.25) is 9.79 Å². The summed E-state index contributed by atoms with van der Waals surface area (Å²) in [5.74, 6) is 0.527. The number of ether oxygens (including phenoxy) is 2. The summed E-state index contributed by atoms with van der Waals surface area (Å²) in [7, 11) is 1.63. The highest BCUT2D eigenvalue weighted by atomic mass is 35.5. The van der Waals surface area contributed by atoms with Crippen molar-refractivity contribution in [2.24, 2.45) is 4.99 Å². The molecule has 0 spiro atoms. The van der Waals surface area contributed by atoms with Gasteiger partial charge in [-0.1, -0.05) is 16.8 Å². The van der Waals surface area contributed by atoms with Crippen molar-refractivity contribution >= 4 is 35.2 Å². The Hall–Kier alpha value is -3.00. The molecule has 4 aliphatic rings. The van der Waals surface area contributed by atoms with E-state index in [0.717, 1.165) is 25.7 Å². The maximum atomic E-state index is 13.9. The molecule has 6 rings (SSSR count). The first kappa shape index (κ1) is 20.6. The minimum atomic E-state index is -0.711. The summed E-state index contributed by atoms with van der Waals surface area (Å²) in [4.78, 5) is 26.4. The molecule has 3 aliphatic heterocycles. The van der Waals surface area contributed by atoms with Crippen LogP contribution >= 0.6 is 11.6 Å². The third kappa shape index (κ3) is 3.07. The number of nitriles is 1. The van der Waals surface area contributed by atoms with Crippen molar-refractivity contribution in [3.63, 3.8) is 0 Å². The van der Waals surface area contributed by atoms with E-state index in [1.165, 1.54) is 0 Å². The van der Waals surface area contributed by atoms with Gasteiger partial charge in [0.15, 0.2) is 6.04 Å². The fourth-order valence-corrected chi connectivity index (χ4v) is 5.07. The second-order valence-corrected chi connectivity index (χ2v) is 9.11. The molecule has 1 aromatic heterocycles. The van der Waals surface area contributed by atoms with Gasteiger partial charge in [-0.05, 0) is 37.8 Å². The Kier molecular flexibility index (Phi) is 4.69. The van der Waals surface area contributed by atoms with E-state index in [1.807, 2.05) is 0 Å². The Morgan fingerprint density at radius 1 is 1.39 bits per heavy atom. The number of aromatic nitrogens is 2. The van der Waals surface area contributed by atoms with Crippen LogP contribution in [0, 0.1) is 11.3 Å². The van der Waals surface area contributed by atoms with Gasteiger partial charge in [-0.15, -0.1) is 0 Å². The van der Waals surface area contributed by atoms with Crippen molar-refractivity contribution in [2.75, 3.05) is 30.1 Å². The first-order chi connectivity index (χ1) is 16.1. The van der Waals surface area contributed by atoms with Crippen LogP contribution in [0.1, 0.15) is 49.0 Å². The van der Waals surface area contributed by atoms with E-state index in [9.17, 15) is 10.1 Å². The lowest BCUT2D eigenvalue weighted by molar-refractivity contribution is -0.120. The Morgan fingerprint density at radius 3 is 2.94 bits per heavy atom. The first-order valence-corrected chi connectivity index (χ1v) is 11.3. The van der Waals surface area contributed by atoms with Gasteiger partial charge in [-0.25, -0.2) is 0 Å². The Bertz CT molecular complexity index is 1200. The van der Waals surface area contributed by atoms with Gasteiger partial charge in [0.05, 0.1) is 40.9 Å². The molecule has 1 aromatic carbocycles. The van der Waals surface area contributed by atoms with Crippen LogP contribution in [0.25, 0.3) is 0 Å². The predicted octanol–water partition coefficient (Wildman–Crippen LogP) is 2.71. The van der Waals surface area contributed by atoms with Crippen molar-refractivity contribution in [3.8, 4) is 6.07 Å². The summed E-state index contributed by atoms with van der Waals surface area (Å²) in [5, 5.41) is 14.2. The van der Waals surface area contributed by atoms with E-state index < -0.39 is 17.7 Å². The van der Waals surface area contributed by atoms with E-state index in [4.69, 9.17) is 25.6 Å². The molecule has 11 heteroatoms. The fraction of sp³-hybridized carbons (Fsp3) is 0.500. The summed E-state index contributed by atoms with van der Waals surface area (Å²) < 4.78 is 16.9. The molecule has 2 fully saturated rings. The molecule has 10 nitrogen and oxygen atoms in total. The average molecular weight is 469 g/mol. The minimum absolute atomic E-state index is 0.105. The molecule has 1 aliphatic carbocycles. The highest BCUT2D eigenvalue weighted by Crippen LogP contribution is 2.49. The zero-order valence-corrected chi connectivity index (χ0v) is 18.7. The Morgan fingerprint density at radius 2 is 2.24 bits per heavy atom. The zero-order chi connectivity index (χ0) is 22.7. The van der Waals surface area contributed by atoms with Crippen LogP contribution in [0.3, 0.4) is 0 Å². The van der Waals surface area contributed by atoms with Gasteiger partial charge in [0, 0.05) is 13.7 Å². The lowest BCUT2D eigenvalue weighted by Crippen LogP contribution is -2.54. The van der Waals surface area contributed by atoms with Gasteiger partial charge >= 0.3 is 0 Å². The molecule has 0 N–H and O–H groups in total. The van der Waals surface area contributed by atoms with Gasteiger partial charge in [0.2, 0.25) is 5.82 Å². The maximum absolute atomic E-state index is 13.9. The maximum Gasteiger partial charge on any atom is 0.254 e. The lowest BCUT2D eigenvalue weighted by Gasteiger charge is -2.40. The number of anilines is 2. The van der Waals surface area contributed by atoms with Crippen molar-refractivity contribution in [2.45, 2.75) is 49.5 Å². The number of halogens is 1. The van der Waals surface area contributed by atoms with E-state index in [2.05, 4.69) is 21.2 Å². The molecule has 4 heterocycles. The lowest BCUT2D eigenvalue weighted by atomic mass is 9.98. The monoisotopic (exact) mass is 468 g/mol. The second kappa shape index (κ2) is 7.52. The minimum Gasteiger partial charge on any atom is -0.376 e. The number of benzene rings is 1. The van der Waals surface area contributed by atoms with Crippen LogP contribution in [-0.2, 0) is 19.9 Å². The van der Waals surface area contributed by atoms with Crippen LogP contribution in [0.15, 0.2) is 21.6 Å². The Balaban J connectivity index is 1.41. The van der Waals surface area contributed by atoms with Crippen LogP contribution in [0.2, 0.25) is 5.02 Å². The number of carbonyl (C=O) groups is 1. The number of nitrogens with zero attached hydrogens (tertiary/aromatic N) is 6. The van der Waals surface area contributed by atoms with Crippen molar-refractivity contribution in [1.82, 2.24) is 10.1 Å². The van der Waals surface area contributed by atoms with Crippen LogP contribution in [0.4, 0.5) is 11.4 Å². The van der Waals surface area contributed by atoms with E-state index in [0.29, 0.717) is 35.4 Å². The summed E-state index contributed by atoms with van der Waals surface area (Å²) in [6.07, 6.45) is 4.93. The smallest absolute Gasteiger partial charge is 0.254 e. The third-order valence-electron chi connectivity index (χ3n) is 6.84. The van der Waals surface area contributed by atoms with Crippen molar-refractivity contribution in [3.05, 3.63) is 34.4 Å². The summed E-state index contributed by atoms with van der Waals surface area (Å²) in [5.41, 5.74) is 0.917. The zero-order valence-electron chi connectivity index (χ0n) is 17.9. The van der Waals surface area contributed by atoms with E-state index >= 15 is 0 Å². The molecule has 1 amide bonds. The molecule has 1 saturated heterocycles. The normalized spacial score (nSPS) is 26.9. The quantitative estimate of drug-likeness (QED) is 0.657. The average Bonchev–Trinajstić information content (AvgIpc) is 3.23. The molecule has 3 unspecified atom stereocenters. The highest BCUT2D eigenvalue weighted by molar-refractivity contribution is 6.33. The predicted molar refractivity (Wildman–Crippen MR) is 117 cm³/mol. The van der Waals surface area contributed by atoms with Crippen LogP contribution < -0.4 is 9.80 Å². The first-order valence-electron chi connectivity index (χ1n) is 10.9. The van der Waals surface area contributed by atoms with E-state index in [1.54, 1.807) is 35.4 Å². The van der Waals surface area contributed by atoms with Gasteiger partial charge in [-0.2, -0.15) is 10.2 Å². The standard InChI is InChI=1S/C22H21ClN6O4/c1-31-22(6-7-22)21-26-19(33-27-21)16-18-20(30)28(10-12-3-2-8-32-12)17-13(9-24)14(23)4-5-15(17)29(18)11-25-16/h4-5,11-12,16,18H,2-3,6-8,10H2,1H3. The number of carbonyl (C=O) groups excluding carboxylic acids is 1. The molecule has 170 valence electrons. The van der Waals surface area contributed by atoms with Crippen molar-refractivity contribution in [1.29, 1.82) is 5.26 Å². The molecule has 0 radical (unpaired) electrons. The topological polar surface area (TPSA) is 117 Å². The van der Waals surface area contributed by atoms with Gasteiger partial charge in [0.25, 0.3) is 11.8 Å². The van der Waals surface area contributed by atoms with Crippen molar-refractivity contribution < 1.29 is 18.8 Å². The number of rotatable bonds is 5. The fourth-order valence-electron chi connectivity index (χ4n) is 4.87. The highest BCUT2D eigenvalue weighted by Gasteiger charge is 2.52. The molecule has 1 saturated carbocycles. The molecule has 2 aromatic rings. The van der Waals surface area contributed by atoms with Crippen LogP contribution in [0.5, 0.6) is 0 Å². The summed E-state index contributed by atoms with van der Waals surface area (Å²) in [6.45, 7) is 0.993. The molecule has 3 atom stereocenters. The van der Waals surface area contributed by atoms with E-state index in [-0.39, 0.29) is 23.5 Å². The number of aliphatic imine (C=N–C) groups is 1. The number of amides is 1. The third-order valence-corrected chi connectivity index (χ3v) is 7.16. The number of hydrogen-bond acceptors (Lipinski definition) is 9. The SMILES string of the molecule is COC1(c2noc(C3N=CN4c5ccc(Cl)c(C#N)c5N(CC5CCCO5)C(=O)C34)n2)CC1. The molecule has 0 bridgehead atoms. The van der Waals surface area contributed by atoms with Gasteiger partial charge in [0.1, 0.15) is 17.7 Å². The number of hydrogen-bond donors (Lipinski definition) is 0. The Labute approximate surface area is 194 Å². The molecular formula is C22H21ClN6O4. The molecule has 33 heavy (non-hydrogen) atoms. The van der Waals surface area contributed by atoms with Crippen LogP contribution in [-0.4, -0.2) is 54.8 Å². The van der Waals surface area contributed by atoms with Gasteiger partial charge < -0.3 is 23.8 Å². The molecular weight excluding hydrogens is 448 g/mol. The second-order valence-electron chi connectivity index (χ2n) is 8.70. The number of fused-ring (bicyclic) bond motifs is 3. The largest absolute Gasteiger partial charge is 0.376 e. The summed E-state index contributed by atoms with van der Waals surface area (Å²) >= 11 is 6.33. The summed E-state index contributed by atoms with van der Waals surface area (Å²) in [6, 6.07) is 4.25. The number of methoxy groups -OCH3 is 1.